The number of unbranched alkanes of at least 4 members (excludes halogenated alkanes) is 2. The molecule has 0 aromatic heterocycles. The van der Waals surface area contributed by atoms with E-state index >= 15 is 0 Å². The molecule has 17 heavy (non-hydrogen) atoms. The van der Waals surface area contributed by atoms with Gasteiger partial charge in [0.05, 0.1) is 12.8 Å². The molecule has 4 nitrogen and oxygen atoms in total. The van der Waals surface area contributed by atoms with Crippen molar-refractivity contribution < 1.29 is 19.8 Å². The Morgan fingerprint density at radius 3 is 1.82 bits per heavy atom. The van der Waals surface area contributed by atoms with E-state index in [1.54, 1.807) is 0 Å². The van der Waals surface area contributed by atoms with Crippen molar-refractivity contribution in [2.24, 2.45) is 0 Å². The maximum atomic E-state index is 9.64. The fraction of sp³-hybridized carbons (Fsp3) is 0.833. The number of hydrogen-bond acceptors (Lipinski definition) is 2. The molecular weight excluding hydrogens is 231 g/mol. The topological polar surface area (TPSA) is 74.6 Å². The molecule has 0 saturated carbocycles. The van der Waals surface area contributed by atoms with E-state index in [1.165, 1.54) is 60.0 Å². The Bertz CT molecular complexity index is 193. The van der Waals surface area contributed by atoms with E-state index in [-0.39, 0.29) is 12.8 Å². The molecule has 0 saturated heterocycles. The fourth-order valence-corrected chi connectivity index (χ4v) is 1.57. The van der Waals surface area contributed by atoms with Gasteiger partial charge in [-0.05, 0) is 0 Å². The van der Waals surface area contributed by atoms with Crippen molar-refractivity contribution in [3.05, 3.63) is 0 Å². The van der Waals surface area contributed by atoms with Gasteiger partial charge in [-0.25, -0.2) is 0 Å². The summed E-state index contributed by atoms with van der Waals surface area (Å²) < 4.78 is 1.09. The Kier molecular flexibility index (Phi) is 15.9. The van der Waals surface area contributed by atoms with E-state index in [9.17, 15) is 9.59 Å². The van der Waals surface area contributed by atoms with Gasteiger partial charge in [-0.2, -0.15) is 0 Å². The van der Waals surface area contributed by atoms with Gasteiger partial charge >= 0.3 is 89.0 Å². The fourth-order valence-electron chi connectivity index (χ4n) is 1.16. The molecule has 1 atom stereocenters. The van der Waals surface area contributed by atoms with Crippen LogP contribution in [0.1, 0.15) is 58.8 Å². The molecule has 0 spiro atoms. The predicted molar refractivity (Wildman–Crippen MR) is 68.4 cm³/mol. The summed E-state index contributed by atoms with van der Waals surface area (Å²) in [6, 6.07) is 0. The number of carboxylic acids is 2. The van der Waals surface area contributed by atoms with Gasteiger partial charge in [0, 0.05) is 0 Å². The minimum absolute atomic E-state index is 0.296. The van der Waals surface area contributed by atoms with Crippen molar-refractivity contribution in [3.63, 3.8) is 0 Å². The third-order valence-corrected chi connectivity index (χ3v) is 3.94. The van der Waals surface area contributed by atoms with Gasteiger partial charge in [0.1, 0.15) is 0 Å². The van der Waals surface area contributed by atoms with Gasteiger partial charge in [-0.1, -0.05) is 0 Å². The average Bonchev–Trinajstić information content (AvgIpc) is 2.27. The zero-order valence-corrected chi connectivity index (χ0v) is 13.2. The van der Waals surface area contributed by atoms with Crippen molar-refractivity contribution in [3.8, 4) is 0 Å². The van der Waals surface area contributed by atoms with Crippen molar-refractivity contribution in [2.45, 2.75) is 62.0 Å². The molecule has 0 fully saturated rings. The summed E-state index contributed by atoms with van der Waals surface area (Å²) in [4.78, 5) is 19.3. The van der Waals surface area contributed by atoms with E-state index in [0.717, 1.165) is 3.17 Å². The number of carbonyl (C=O) groups is 2. The first kappa shape index (κ1) is 19.3. The Hall–Kier alpha value is -0.0600. The Balaban J connectivity index is 0. The maximum absolute atomic E-state index is 9.64. The van der Waals surface area contributed by atoms with Gasteiger partial charge in [0.25, 0.3) is 0 Å². The van der Waals surface area contributed by atoms with Crippen LogP contribution in [0.4, 0.5) is 0 Å². The quantitative estimate of drug-likeness (QED) is 0.516. The largest absolute Gasteiger partial charge is 0.481 e. The molecule has 0 heterocycles. The Morgan fingerprint density at radius 1 is 1.06 bits per heavy atom. The second kappa shape index (κ2) is 14.0. The standard InChI is InChI=1S/C8H17.C4H6O4.Na/c1-3-5-7-8-6-4-2;5-3(6)1-2-4(7)8;/h5H,3-4,6-8H2,1-2H3;1-2H2,(H,5,6)(H,7,8);. The van der Waals surface area contributed by atoms with E-state index < -0.39 is 11.9 Å². The smallest absolute Gasteiger partial charge is 0.303 e. The van der Waals surface area contributed by atoms with E-state index in [4.69, 9.17) is 10.2 Å². The first-order valence-corrected chi connectivity index (χ1v) is 7.53. The second-order valence-electron chi connectivity index (χ2n) is 4.30. The number of rotatable bonds is 8. The molecule has 96 valence electrons. The predicted octanol–water partition coefficient (Wildman–Crippen LogP) is 2.87. The summed E-state index contributed by atoms with van der Waals surface area (Å²) >= 11 is 1.41. The molecule has 0 aromatic carbocycles. The number of hydrogen-bond donors (Lipinski definition) is 2. The van der Waals surface area contributed by atoms with Crippen LogP contribution >= 0.6 is 0 Å². The van der Waals surface area contributed by atoms with Crippen LogP contribution in [0, 0.1) is 0 Å². The van der Waals surface area contributed by atoms with E-state index in [1.807, 2.05) is 0 Å². The first-order chi connectivity index (χ1) is 7.93. The zero-order chi connectivity index (χ0) is 13.7. The van der Waals surface area contributed by atoms with Crippen LogP contribution in [0.25, 0.3) is 0 Å². The number of carboxylic acid groups (broad SMARTS) is 2. The van der Waals surface area contributed by atoms with E-state index in [0.29, 0.717) is 0 Å². The first-order valence-electron chi connectivity index (χ1n) is 6.37. The molecule has 1 unspecified atom stereocenters. The van der Waals surface area contributed by atoms with Crippen LogP contribution < -0.4 is 0 Å². The summed E-state index contributed by atoms with van der Waals surface area (Å²) in [5.41, 5.74) is 0. The van der Waals surface area contributed by atoms with Gasteiger partial charge in [0.2, 0.25) is 0 Å². The molecule has 0 aromatic rings. The minimum atomic E-state index is -1.08. The summed E-state index contributed by atoms with van der Waals surface area (Å²) in [7, 11) is 0. The molecule has 0 aliphatic rings. The van der Waals surface area contributed by atoms with Gasteiger partial charge < -0.3 is 10.2 Å². The summed E-state index contributed by atoms with van der Waals surface area (Å²) in [6.45, 7) is 4.58. The molecule has 0 radical (unpaired) electrons. The number of aliphatic carboxylic acids is 2. The second-order valence-corrected chi connectivity index (χ2v) is 5.93. The molecule has 0 rings (SSSR count). The summed E-state index contributed by atoms with van der Waals surface area (Å²) in [5, 5.41) is 15.8. The molecular formula is C12H23NaO4. The molecule has 0 aliphatic carbocycles. The van der Waals surface area contributed by atoms with E-state index in [2.05, 4.69) is 13.8 Å². The monoisotopic (exact) mass is 254 g/mol. The van der Waals surface area contributed by atoms with Crippen molar-refractivity contribution in [2.75, 3.05) is 0 Å². The van der Waals surface area contributed by atoms with Crippen LogP contribution in [0.3, 0.4) is 0 Å². The molecule has 0 amide bonds. The molecule has 5 heteroatoms. The summed E-state index contributed by atoms with van der Waals surface area (Å²) in [5.74, 6) is -2.15. The molecule has 2 N–H and O–H groups in total. The van der Waals surface area contributed by atoms with Gasteiger partial charge in [-0.15, -0.1) is 0 Å². The van der Waals surface area contributed by atoms with Crippen LogP contribution in [0.2, 0.25) is 3.17 Å². The van der Waals surface area contributed by atoms with Crippen LogP contribution in [-0.2, 0) is 9.59 Å². The Labute approximate surface area is 121 Å². The zero-order valence-electron chi connectivity index (χ0n) is 11.2. The van der Waals surface area contributed by atoms with Crippen LogP contribution in [-0.4, -0.2) is 50.1 Å². The SMILES string of the molecule is CCCCC[CH]([Na])CC.O=C(O)CCC(=O)O. The van der Waals surface area contributed by atoms with Crippen LogP contribution in [0.5, 0.6) is 0 Å². The Morgan fingerprint density at radius 2 is 1.53 bits per heavy atom. The third kappa shape index (κ3) is 21.7. The molecule has 0 aliphatic heterocycles. The molecule has 0 bridgehead atoms. The normalized spacial score (nSPS) is 11.3. The van der Waals surface area contributed by atoms with Gasteiger partial charge in [-0.3, -0.25) is 9.59 Å². The van der Waals surface area contributed by atoms with Gasteiger partial charge in [0.15, 0.2) is 0 Å². The maximum Gasteiger partial charge on any atom is 0.303 e. The van der Waals surface area contributed by atoms with Crippen molar-refractivity contribution in [1.82, 2.24) is 0 Å². The summed E-state index contributed by atoms with van der Waals surface area (Å²) in [6.07, 6.45) is 6.60. The minimum Gasteiger partial charge on any atom is -0.481 e. The van der Waals surface area contributed by atoms with Crippen LogP contribution in [0.15, 0.2) is 0 Å². The average molecular weight is 254 g/mol. The third-order valence-electron chi connectivity index (χ3n) is 2.55. The van der Waals surface area contributed by atoms with Crippen molar-refractivity contribution >= 4 is 39.9 Å². The van der Waals surface area contributed by atoms with Crippen molar-refractivity contribution in [1.29, 1.82) is 0 Å².